The normalized spacial score (nSPS) is 14.8. The fourth-order valence-corrected chi connectivity index (χ4v) is 2.22. The fraction of sp³-hybridized carbons (Fsp3) is 0.250. The van der Waals surface area contributed by atoms with Crippen LogP contribution in [0.4, 0.5) is 0 Å². The van der Waals surface area contributed by atoms with Crippen LogP contribution in [0.3, 0.4) is 0 Å². The smallest absolute Gasteiger partial charge is 0.393 e. The Labute approximate surface area is 97.1 Å². The third-order valence-electron chi connectivity index (χ3n) is 3.02. The van der Waals surface area contributed by atoms with Crippen molar-refractivity contribution in [1.29, 1.82) is 0 Å². The lowest BCUT2D eigenvalue weighted by Gasteiger charge is -2.00. The first-order chi connectivity index (χ1) is 8.24. The summed E-state index contributed by atoms with van der Waals surface area (Å²) in [4.78, 5) is 10.7. The van der Waals surface area contributed by atoms with E-state index in [0.29, 0.717) is 5.89 Å². The summed E-state index contributed by atoms with van der Waals surface area (Å²) in [7, 11) is 0. The Morgan fingerprint density at radius 3 is 2.41 bits per heavy atom. The van der Waals surface area contributed by atoms with Crippen LogP contribution in [0.25, 0.3) is 0 Å². The molecule has 0 atom stereocenters. The zero-order valence-electron chi connectivity index (χ0n) is 8.96. The van der Waals surface area contributed by atoms with Crippen molar-refractivity contribution in [3.8, 4) is 0 Å². The van der Waals surface area contributed by atoms with Gasteiger partial charge in [-0.05, 0) is 24.0 Å². The zero-order valence-corrected chi connectivity index (χ0v) is 8.96. The van der Waals surface area contributed by atoms with Gasteiger partial charge in [-0.25, -0.2) is 4.79 Å². The Morgan fingerprint density at radius 2 is 1.88 bits per heavy atom. The molecular weight excluding hydrogens is 220 g/mol. The molecule has 86 valence electrons. The molecule has 5 nitrogen and oxygen atoms in total. The van der Waals surface area contributed by atoms with Crippen molar-refractivity contribution >= 4 is 5.97 Å². The number of carboxylic acid groups (broad SMARTS) is 1. The van der Waals surface area contributed by atoms with E-state index in [4.69, 9.17) is 9.52 Å². The molecule has 0 saturated carbocycles. The number of aromatic nitrogens is 2. The van der Waals surface area contributed by atoms with Crippen LogP contribution in [0.5, 0.6) is 0 Å². The van der Waals surface area contributed by atoms with Gasteiger partial charge in [0.1, 0.15) is 0 Å². The van der Waals surface area contributed by atoms with Crippen molar-refractivity contribution in [2.75, 3.05) is 0 Å². The molecule has 0 amide bonds. The second-order valence-electron chi connectivity index (χ2n) is 4.12. The van der Waals surface area contributed by atoms with E-state index >= 15 is 0 Å². The second kappa shape index (κ2) is 3.69. The van der Waals surface area contributed by atoms with Crippen molar-refractivity contribution in [2.24, 2.45) is 0 Å². The van der Waals surface area contributed by atoms with Gasteiger partial charge in [-0.3, -0.25) is 0 Å². The molecule has 0 fully saturated rings. The molecule has 17 heavy (non-hydrogen) atoms. The van der Waals surface area contributed by atoms with Crippen molar-refractivity contribution in [1.82, 2.24) is 10.2 Å². The van der Waals surface area contributed by atoms with Crippen LogP contribution < -0.4 is 0 Å². The predicted octanol–water partition coefficient (Wildman–Crippen LogP) is 1.65. The lowest BCUT2D eigenvalue weighted by Crippen LogP contribution is -1.98. The van der Waals surface area contributed by atoms with Gasteiger partial charge < -0.3 is 9.52 Å². The number of fused-ring (bicyclic) bond motifs is 1. The highest BCUT2D eigenvalue weighted by Crippen LogP contribution is 2.32. The molecule has 5 heteroatoms. The van der Waals surface area contributed by atoms with Crippen LogP contribution in [-0.4, -0.2) is 21.3 Å². The average Bonchev–Trinajstić information content (AvgIpc) is 2.95. The highest BCUT2D eigenvalue weighted by Gasteiger charge is 2.27. The quantitative estimate of drug-likeness (QED) is 0.848. The largest absolute Gasteiger partial charge is 0.474 e. The van der Waals surface area contributed by atoms with Crippen LogP contribution >= 0.6 is 0 Å². The molecule has 0 radical (unpaired) electrons. The third-order valence-corrected chi connectivity index (χ3v) is 3.02. The topological polar surface area (TPSA) is 76.2 Å². The summed E-state index contributed by atoms with van der Waals surface area (Å²) in [6.07, 6.45) is 1.66. The van der Waals surface area contributed by atoms with Gasteiger partial charge in [-0.15, -0.1) is 10.2 Å². The summed E-state index contributed by atoms with van der Waals surface area (Å²) >= 11 is 0. The van der Waals surface area contributed by atoms with Gasteiger partial charge in [-0.1, -0.05) is 24.3 Å². The van der Waals surface area contributed by atoms with E-state index in [1.807, 2.05) is 12.1 Å². The Balaban J connectivity index is 1.86. The Hall–Kier alpha value is -2.17. The lowest BCUT2D eigenvalue weighted by atomic mass is 10.1. The summed E-state index contributed by atoms with van der Waals surface area (Å²) in [5.41, 5.74) is 2.54. The fourth-order valence-electron chi connectivity index (χ4n) is 2.22. The molecule has 1 aliphatic carbocycles. The van der Waals surface area contributed by atoms with E-state index < -0.39 is 5.97 Å². The van der Waals surface area contributed by atoms with E-state index in [-0.39, 0.29) is 11.8 Å². The molecule has 0 bridgehead atoms. The van der Waals surface area contributed by atoms with E-state index in [2.05, 4.69) is 22.3 Å². The molecule has 1 aromatic carbocycles. The number of carboxylic acids is 1. The number of carbonyl (C=O) groups is 1. The second-order valence-corrected chi connectivity index (χ2v) is 4.12. The molecule has 0 spiro atoms. The first kappa shape index (κ1) is 10.0. The van der Waals surface area contributed by atoms with Gasteiger partial charge >= 0.3 is 11.9 Å². The van der Waals surface area contributed by atoms with Crippen molar-refractivity contribution in [2.45, 2.75) is 18.8 Å². The molecule has 0 unspecified atom stereocenters. The van der Waals surface area contributed by atoms with Crippen LogP contribution in [0.15, 0.2) is 28.7 Å². The van der Waals surface area contributed by atoms with E-state index in [1.54, 1.807) is 0 Å². The summed E-state index contributed by atoms with van der Waals surface area (Å²) in [5.74, 6) is -0.998. The monoisotopic (exact) mass is 230 g/mol. The Bertz CT molecular complexity index is 552. The number of benzene rings is 1. The zero-order chi connectivity index (χ0) is 11.8. The average molecular weight is 230 g/mol. The number of nitrogens with zero attached hydrogens (tertiary/aromatic N) is 2. The molecule has 1 aliphatic rings. The van der Waals surface area contributed by atoms with Gasteiger partial charge in [-0.2, -0.15) is 0 Å². The minimum Gasteiger partial charge on any atom is -0.474 e. The van der Waals surface area contributed by atoms with Gasteiger partial charge in [0.05, 0.1) is 0 Å². The van der Waals surface area contributed by atoms with Crippen LogP contribution in [0.2, 0.25) is 0 Å². The maximum absolute atomic E-state index is 10.7. The lowest BCUT2D eigenvalue weighted by molar-refractivity contribution is 0.0651. The molecule has 3 rings (SSSR count). The molecular formula is C12H10N2O3. The SMILES string of the molecule is O=C(O)c1nnc(C2Cc3ccccc3C2)o1. The summed E-state index contributed by atoms with van der Waals surface area (Å²) < 4.78 is 5.14. The number of hydrogen-bond acceptors (Lipinski definition) is 4. The first-order valence-electron chi connectivity index (χ1n) is 5.37. The van der Waals surface area contributed by atoms with Crippen LogP contribution in [0.1, 0.15) is 33.6 Å². The van der Waals surface area contributed by atoms with Gasteiger partial charge in [0.25, 0.3) is 0 Å². The van der Waals surface area contributed by atoms with Gasteiger partial charge in [0.15, 0.2) is 0 Å². The molecule has 1 heterocycles. The molecule has 2 aromatic rings. The summed E-state index contributed by atoms with van der Waals surface area (Å²) in [6.45, 7) is 0. The van der Waals surface area contributed by atoms with E-state index in [0.717, 1.165) is 12.8 Å². The molecule has 0 aliphatic heterocycles. The van der Waals surface area contributed by atoms with E-state index in [9.17, 15) is 4.79 Å². The molecule has 1 N–H and O–H groups in total. The minimum atomic E-state index is -1.18. The minimum absolute atomic E-state index is 0.105. The number of aromatic carboxylic acids is 1. The van der Waals surface area contributed by atoms with Crippen molar-refractivity contribution in [3.63, 3.8) is 0 Å². The maximum Gasteiger partial charge on any atom is 0.393 e. The third kappa shape index (κ3) is 1.69. The highest BCUT2D eigenvalue weighted by molar-refractivity contribution is 5.81. The van der Waals surface area contributed by atoms with Crippen molar-refractivity contribution in [3.05, 3.63) is 47.2 Å². The maximum atomic E-state index is 10.7. The standard InChI is InChI=1S/C12H10N2O3/c15-12(16)11-14-13-10(17-11)9-5-7-3-1-2-4-8(7)6-9/h1-4,9H,5-6H2,(H,15,16). The Morgan fingerprint density at radius 1 is 1.24 bits per heavy atom. The number of hydrogen-bond donors (Lipinski definition) is 1. The molecule has 0 saturated heterocycles. The summed E-state index contributed by atoms with van der Waals surface area (Å²) in [5, 5.41) is 16.0. The van der Waals surface area contributed by atoms with Crippen LogP contribution in [-0.2, 0) is 12.8 Å². The summed E-state index contributed by atoms with van der Waals surface area (Å²) in [6, 6.07) is 8.14. The first-order valence-corrected chi connectivity index (χ1v) is 5.37. The number of rotatable bonds is 2. The highest BCUT2D eigenvalue weighted by atomic mass is 16.4. The molecule has 1 aromatic heterocycles. The van der Waals surface area contributed by atoms with Crippen LogP contribution in [0, 0.1) is 0 Å². The van der Waals surface area contributed by atoms with Gasteiger partial charge in [0, 0.05) is 5.92 Å². The van der Waals surface area contributed by atoms with Crippen molar-refractivity contribution < 1.29 is 14.3 Å². The van der Waals surface area contributed by atoms with E-state index in [1.165, 1.54) is 11.1 Å². The predicted molar refractivity (Wildman–Crippen MR) is 57.8 cm³/mol. The van der Waals surface area contributed by atoms with Gasteiger partial charge in [0.2, 0.25) is 5.89 Å². The Kier molecular flexibility index (Phi) is 2.18.